The summed E-state index contributed by atoms with van der Waals surface area (Å²) < 4.78 is 1.79. The molecule has 0 N–H and O–H groups in total. The van der Waals surface area contributed by atoms with Gasteiger partial charge in [-0.1, -0.05) is 11.6 Å². The van der Waals surface area contributed by atoms with E-state index in [9.17, 15) is 0 Å². The van der Waals surface area contributed by atoms with E-state index < -0.39 is 0 Å². The van der Waals surface area contributed by atoms with E-state index in [1.807, 2.05) is 13.0 Å². The van der Waals surface area contributed by atoms with E-state index in [1.54, 1.807) is 29.4 Å². The van der Waals surface area contributed by atoms with Crippen molar-refractivity contribution in [2.45, 2.75) is 6.92 Å². The normalized spacial score (nSPS) is 9.93. The van der Waals surface area contributed by atoms with Gasteiger partial charge >= 0.3 is 0 Å². The fraction of sp³-hybridized carbons (Fsp3) is 0.100. The monoisotopic (exact) mass is 218 g/mol. The number of hydrogen-bond acceptors (Lipinski definition) is 3. The SMILES string of the molecule is Cc1nc(Cl)c(C#N)cc1-n1ccnc1. The van der Waals surface area contributed by atoms with Gasteiger partial charge in [0, 0.05) is 12.4 Å². The Balaban J connectivity index is 2.64. The van der Waals surface area contributed by atoms with Crippen LogP contribution in [0, 0.1) is 18.3 Å². The summed E-state index contributed by atoms with van der Waals surface area (Å²) in [5.41, 5.74) is 1.94. The Bertz CT molecular complexity index is 525. The molecule has 0 bridgehead atoms. The van der Waals surface area contributed by atoms with E-state index in [-0.39, 0.29) is 5.15 Å². The predicted molar refractivity (Wildman–Crippen MR) is 55.8 cm³/mol. The van der Waals surface area contributed by atoms with E-state index >= 15 is 0 Å². The number of pyridine rings is 1. The molecule has 2 aromatic heterocycles. The topological polar surface area (TPSA) is 54.5 Å². The molecule has 2 aromatic rings. The largest absolute Gasteiger partial charge is 0.304 e. The first-order chi connectivity index (χ1) is 7.22. The summed E-state index contributed by atoms with van der Waals surface area (Å²) in [4.78, 5) is 8.03. The van der Waals surface area contributed by atoms with Gasteiger partial charge in [-0.15, -0.1) is 0 Å². The van der Waals surface area contributed by atoms with Gasteiger partial charge in [-0.05, 0) is 13.0 Å². The first-order valence-electron chi connectivity index (χ1n) is 4.28. The second-order valence-corrected chi connectivity index (χ2v) is 3.37. The van der Waals surface area contributed by atoms with Crippen LogP contribution in [-0.2, 0) is 0 Å². The van der Waals surface area contributed by atoms with Gasteiger partial charge < -0.3 is 4.57 Å². The first-order valence-corrected chi connectivity index (χ1v) is 4.65. The molecule has 0 radical (unpaired) electrons. The van der Waals surface area contributed by atoms with Crippen molar-refractivity contribution in [2.24, 2.45) is 0 Å². The third kappa shape index (κ3) is 1.69. The Labute approximate surface area is 91.8 Å². The molecular weight excluding hydrogens is 212 g/mol. The maximum absolute atomic E-state index is 8.83. The summed E-state index contributed by atoms with van der Waals surface area (Å²) in [5, 5.41) is 9.07. The molecule has 2 heterocycles. The third-order valence-corrected chi connectivity index (χ3v) is 2.33. The molecule has 0 aliphatic heterocycles. The molecular formula is C10H7ClN4. The number of rotatable bonds is 1. The molecule has 0 atom stereocenters. The maximum Gasteiger partial charge on any atom is 0.147 e. The maximum atomic E-state index is 8.83. The lowest BCUT2D eigenvalue weighted by atomic mass is 10.2. The highest BCUT2D eigenvalue weighted by Gasteiger charge is 2.08. The zero-order chi connectivity index (χ0) is 10.8. The van der Waals surface area contributed by atoms with Crippen molar-refractivity contribution in [3.8, 4) is 11.8 Å². The highest BCUT2D eigenvalue weighted by Crippen LogP contribution is 2.19. The van der Waals surface area contributed by atoms with Crippen LogP contribution >= 0.6 is 11.6 Å². The van der Waals surface area contributed by atoms with E-state index in [2.05, 4.69) is 9.97 Å². The Morgan fingerprint density at radius 2 is 2.33 bits per heavy atom. The highest BCUT2D eigenvalue weighted by molar-refractivity contribution is 6.30. The van der Waals surface area contributed by atoms with E-state index in [0.717, 1.165) is 11.4 Å². The average molecular weight is 219 g/mol. The van der Waals surface area contributed by atoms with Crippen LogP contribution in [-0.4, -0.2) is 14.5 Å². The summed E-state index contributed by atoms with van der Waals surface area (Å²) in [6.07, 6.45) is 5.11. The molecule has 0 aromatic carbocycles. The van der Waals surface area contributed by atoms with Crippen LogP contribution in [0.2, 0.25) is 5.15 Å². The molecule has 74 valence electrons. The van der Waals surface area contributed by atoms with Crippen molar-refractivity contribution in [3.63, 3.8) is 0 Å². The van der Waals surface area contributed by atoms with Gasteiger partial charge in [0.05, 0.1) is 23.3 Å². The third-order valence-electron chi connectivity index (χ3n) is 2.04. The number of aryl methyl sites for hydroxylation is 1. The van der Waals surface area contributed by atoms with Crippen molar-refractivity contribution in [2.75, 3.05) is 0 Å². The summed E-state index contributed by atoms with van der Waals surface area (Å²) in [6, 6.07) is 3.70. The second-order valence-electron chi connectivity index (χ2n) is 3.01. The summed E-state index contributed by atoms with van der Waals surface area (Å²) in [7, 11) is 0. The first kappa shape index (κ1) is 9.69. The number of imidazole rings is 1. The molecule has 15 heavy (non-hydrogen) atoms. The molecule has 0 spiro atoms. The molecule has 5 heteroatoms. The van der Waals surface area contributed by atoms with Gasteiger partial charge in [-0.2, -0.15) is 5.26 Å². The van der Waals surface area contributed by atoms with E-state index in [1.165, 1.54) is 0 Å². The average Bonchev–Trinajstić information content (AvgIpc) is 2.71. The van der Waals surface area contributed by atoms with Crippen molar-refractivity contribution >= 4 is 11.6 Å². The molecule has 0 saturated carbocycles. The summed E-state index contributed by atoms with van der Waals surface area (Å²) >= 11 is 5.80. The summed E-state index contributed by atoms with van der Waals surface area (Å²) in [5.74, 6) is 0. The van der Waals surface area contributed by atoms with Crippen molar-refractivity contribution in [1.29, 1.82) is 5.26 Å². The second kappa shape index (κ2) is 3.71. The predicted octanol–water partition coefficient (Wildman–Crippen LogP) is 2.10. The van der Waals surface area contributed by atoms with Crippen molar-refractivity contribution in [1.82, 2.24) is 14.5 Å². The van der Waals surface area contributed by atoms with Crippen LogP contribution < -0.4 is 0 Å². The molecule has 0 unspecified atom stereocenters. The fourth-order valence-electron chi connectivity index (χ4n) is 1.31. The quantitative estimate of drug-likeness (QED) is 0.689. The van der Waals surface area contributed by atoms with Crippen LogP contribution in [0.15, 0.2) is 24.8 Å². The van der Waals surface area contributed by atoms with Crippen LogP contribution in [0.5, 0.6) is 0 Å². The minimum Gasteiger partial charge on any atom is -0.304 e. The lowest BCUT2D eigenvalue weighted by molar-refractivity contribution is 1.00. The Morgan fingerprint density at radius 1 is 1.53 bits per heavy atom. The van der Waals surface area contributed by atoms with Gasteiger partial charge in [0.1, 0.15) is 11.2 Å². The van der Waals surface area contributed by atoms with Gasteiger partial charge in [0.25, 0.3) is 0 Å². The van der Waals surface area contributed by atoms with Crippen LogP contribution in [0.3, 0.4) is 0 Å². The van der Waals surface area contributed by atoms with Crippen molar-refractivity contribution in [3.05, 3.63) is 41.2 Å². The molecule has 2 rings (SSSR count). The number of aromatic nitrogens is 3. The minimum absolute atomic E-state index is 0.235. The van der Waals surface area contributed by atoms with Gasteiger partial charge in [0.2, 0.25) is 0 Å². The zero-order valence-corrected chi connectivity index (χ0v) is 8.73. The molecule has 0 amide bonds. The molecule has 0 saturated heterocycles. The summed E-state index contributed by atoms with van der Waals surface area (Å²) in [6.45, 7) is 1.84. The molecule has 0 aliphatic carbocycles. The molecule has 4 nitrogen and oxygen atoms in total. The van der Waals surface area contributed by atoms with Gasteiger partial charge in [0.15, 0.2) is 0 Å². The van der Waals surface area contributed by atoms with Gasteiger partial charge in [-0.3, -0.25) is 0 Å². The Hall–Kier alpha value is -1.86. The molecule has 0 fully saturated rings. The van der Waals surface area contributed by atoms with Crippen molar-refractivity contribution < 1.29 is 0 Å². The zero-order valence-electron chi connectivity index (χ0n) is 7.98. The van der Waals surface area contributed by atoms with E-state index in [0.29, 0.717) is 5.56 Å². The van der Waals surface area contributed by atoms with Crippen LogP contribution in [0.4, 0.5) is 0 Å². The number of nitriles is 1. The van der Waals surface area contributed by atoms with Gasteiger partial charge in [-0.25, -0.2) is 9.97 Å². The number of nitrogens with zero attached hydrogens (tertiary/aromatic N) is 4. The number of halogens is 1. The smallest absolute Gasteiger partial charge is 0.147 e. The van der Waals surface area contributed by atoms with Crippen LogP contribution in [0.25, 0.3) is 5.69 Å². The molecule has 0 aliphatic rings. The van der Waals surface area contributed by atoms with Crippen LogP contribution in [0.1, 0.15) is 11.3 Å². The highest BCUT2D eigenvalue weighted by atomic mass is 35.5. The fourth-order valence-corrected chi connectivity index (χ4v) is 1.53. The number of hydrogen-bond donors (Lipinski definition) is 0. The van der Waals surface area contributed by atoms with E-state index in [4.69, 9.17) is 16.9 Å². The Morgan fingerprint density at radius 3 is 2.93 bits per heavy atom. The Kier molecular flexibility index (Phi) is 2.40. The lowest BCUT2D eigenvalue weighted by Gasteiger charge is -2.06. The lowest BCUT2D eigenvalue weighted by Crippen LogP contribution is -1.98. The minimum atomic E-state index is 0.235. The standard InChI is InChI=1S/C10H7ClN4/c1-7-9(15-3-2-13-6-15)4-8(5-12)10(11)14-7/h2-4,6H,1H3.